The summed E-state index contributed by atoms with van der Waals surface area (Å²) >= 11 is 0. The predicted octanol–water partition coefficient (Wildman–Crippen LogP) is 6.11. The van der Waals surface area contributed by atoms with Crippen LogP contribution in [-0.4, -0.2) is 18.5 Å². The molecule has 0 N–H and O–H groups in total. The maximum Gasteiger partial charge on any atom is 0.172 e. The van der Waals surface area contributed by atoms with Crippen LogP contribution in [0.5, 0.6) is 0 Å². The summed E-state index contributed by atoms with van der Waals surface area (Å²) in [6, 6.07) is 0. The molecule has 5 atom stereocenters. The van der Waals surface area contributed by atoms with Crippen LogP contribution in [0.25, 0.3) is 0 Å². The second kappa shape index (κ2) is 8.67. The van der Waals surface area contributed by atoms with Crippen LogP contribution in [0.1, 0.15) is 86.0 Å². The topological polar surface area (TPSA) is 18.5 Å². The summed E-state index contributed by atoms with van der Waals surface area (Å²) in [5, 5.41) is 0. The van der Waals surface area contributed by atoms with Gasteiger partial charge in [-0.3, -0.25) is 0 Å². The molecule has 0 saturated carbocycles. The number of hydrogen-bond acceptors (Lipinski definition) is 2. The van der Waals surface area contributed by atoms with Gasteiger partial charge in [0, 0.05) is 18.3 Å². The molecule has 134 valence electrons. The molecule has 2 nitrogen and oxygen atoms in total. The van der Waals surface area contributed by atoms with Crippen molar-refractivity contribution in [1.82, 2.24) is 0 Å². The first kappa shape index (κ1) is 19.0. The molecule has 0 amide bonds. The fourth-order valence-corrected chi connectivity index (χ4v) is 4.38. The van der Waals surface area contributed by atoms with E-state index in [1.54, 1.807) is 0 Å². The summed E-state index contributed by atoms with van der Waals surface area (Å²) in [6.07, 6.45) is 12.3. The Kier molecular flexibility index (Phi) is 7.16. The molecule has 2 heteroatoms. The van der Waals surface area contributed by atoms with Crippen molar-refractivity contribution < 1.29 is 9.47 Å². The van der Waals surface area contributed by atoms with E-state index in [2.05, 4.69) is 40.7 Å². The third kappa shape index (κ3) is 4.60. The lowest BCUT2D eigenvalue weighted by atomic mass is 9.74. The minimum absolute atomic E-state index is 0.336. The van der Waals surface area contributed by atoms with Gasteiger partial charge < -0.3 is 9.47 Å². The fraction of sp³-hybridized carbons (Fsp3) is 0.905. The van der Waals surface area contributed by atoms with E-state index < -0.39 is 0 Å². The Bertz CT molecular complexity index is 385. The standard InChI is InChI=1S/C21H38O2/c1-6-8-10-20-18(5)15-22-21(23-20,13-9-7-2)19-12-11-16(3)14-17(19)4/h11,17-20H,6-10,12-15H2,1-5H3. The predicted molar refractivity (Wildman–Crippen MR) is 97.4 cm³/mol. The van der Waals surface area contributed by atoms with Crippen LogP contribution in [0.2, 0.25) is 0 Å². The molecule has 0 aromatic rings. The Labute approximate surface area is 144 Å². The van der Waals surface area contributed by atoms with Gasteiger partial charge in [-0.25, -0.2) is 0 Å². The fourth-order valence-electron chi connectivity index (χ4n) is 4.38. The molecular formula is C21H38O2. The van der Waals surface area contributed by atoms with Crippen molar-refractivity contribution in [3.05, 3.63) is 11.6 Å². The van der Waals surface area contributed by atoms with Crippen LogP contribution < -0.4 is 0 Å². The van der Waals surface area contributed by atoms with E-state index in [1.165, 1.54) is 44.1 Å². The molecule has 1 fully saturated rings. The quantitative estimate of drug-likeness (QED) is 0.527. The molecule has 2 aliphatic rings. The lowest BCUT2D eigenvalue weighted by Crippen LogP contribution is -2.55. The number of hydrogen-bond donors (Lipinski definition) is 0. The highest BCUT2D eigenvalue weighted by Crippen LogP contribution is 2.46. The Balaban J connectivity index is 2.17. The van der Waals surface area contributed by atoms with Gasteiger partial charge in [0.15, 0.2) is 5.79 Å². The second-order valence-corrected chi connectivity index (χ2v) is 8.08. The molecule has 0 aromatic carbocycles. The summed E-state index contributed by atoms with van der Waals surface area (Å²) in [6.45, 7) is 12.3. The van der Waals surface area contributed by atoms with Gasteiger partial charge in [-0.1, -0.05) is 58.6 Å². The van der Waals surface area contributed by atoms with Crippen molar-refractivity contribution in [2.45, 2.75) is 97.9 Å². The van der Waals surface area contributed by atoms with Crippen LogP contribution in [0.4, 0.5) is 0 Å². The number of unbranched alkanes of at least 4 members (excludes halogenated alkanes) is 2. The molecule has 2 rings (SSSR count). The van der Waals surface area contributed by atoms with E-state index in [4.69, 9.17) is 9.47 Å². The largest absolute Gasteiger partial charge is 0.349 e. The minimum Gasteiger partial charge on any atom is -0.349 e. The van der Waals surface area contributed by atoms with E-state index >= 15 is 0 Å². The van der Waals surface area contributed by atoms with E-state index in [1.807, 2.05) is 0 Å². The van der Waals surface area contributed by atoms with Gasteiger partial charge in [0.25, 0.3) is 0 Å². The van der Waals surface area contributed by atoms with Gasteiger partial charge in [0.2, 0.25) is 0 Å². The first-order valence-electron chi connectivity index (χ1n) is 9.99. The monoisotopic (exact) mass is 322 g/mol. The SMILES string of the molecule is CCCCC1OC(CCCC)(C2CC=C(C)CC2C)OCC1C. The van der Waals surface area contributed by atoms with E-state index in [-0.39, 0.29) is 5.79 Å². The summed E-state index contributed by atoms with van der Waals surface area (Å²) in [5.74, 6) is 1.34. The summed E-state index contributed by atoms with van der Waals surface area (Å²) in [5.41, 5.74) is 1.53. The highest BCUT2D eigenvalue weighted by Gasteiger charge is 2.48. The van der Waals surface area contributed by atoms with Crippen LogP contribution >= 0.6 is 0 Å². The second-order valence-electron chi connectivity index (χ2n) is 8.08. The van der Waals surface area contributed by atoms with Crippen molar-refractivity contribution in [1.29, 1.82) is 0 Å². The maximum absolute atomic E-state index is 6.78. The average molecular weight is 323 g/mol. The van der Waals surface area contributed by atoms with Crippen molar-refractivity contribution >= 4 is 0 Å². The summed E-state index contributed by atoms with van der Waals surface area (Å²) in [7, 11) is 0. The third-order valence-corrected chi connectivity index (χ3v) is 5.91. The molecule has 1 saturated heterocycles. The Morgan fingerprint density at radius 3 is 2.52 bits per heavy atom. The van der Waals surface area contributed by atoms with Crippen LogP contribution in [0.3, 0.4) is 0 Å². The number of allylic oxidation sites excluding steroid dienone is 2. The Morgan fingerprint density at radius 1 is 1.13 bits per heavy atom. The molecule has 5 unspecified atom stereocenters. The van der Waals surface area contributed by atoms with Gasteiger partial charge in [0.1, 0.15) is 0 Å². The minimum atomic E-state index is -0.336. The van der Waals surface area contributed by atoms with E-state index in [9.17, 15) is 0 Å². The maximum atomic E-state index is 6.78. The zero-order valence-corrected chi connectivity index (χ0v) is 16.1. The molecule has 1 aliphatic heterocycles. The van der Waals surface area contributed by atoms with Gasteiger partial charge in [-0.05, 0) is 38.5 Å². The van der Waals surface area contributed by atoms with Gasteiger partial charge in [-0.15, -0.1) is 0 Å². The van der Waals surface area contributed by atoms with Gasteiger partial charge in [0.05, 0.1) is 12.7 Å². The molecule has 0 aromatic heterocycles. The van der Waals surface area contributed by atoms with Gasteiger partial charge in [-0.2, -0.15) is 0 Å². The first-order chi connectivity index (χ1) is 11.0. The lowest BCUT2D eigenvalue weighted by molar-refractivity contribution is -0.342. The average Bonchev–Trinajstić information content (AvgIpc) is 2.53. The Hall–Kier alpha value is -0.340. The highest BCUT2D eigenvalue weighted by molar-refractivity contribution is 5.08. The third-order valence-electron chi connectivity index (χ3n) is 5.91. The highest BCUT2D eigenvalue weighted by atomic mass is 16.7. The number of rotatable bonds is 7. The summed E-state index contributed by atoms with van der Waals surface area (Å²) < 4.78 is 13.3. The zero-order chi connectivity index (χ0) is 16.9. The van der Waals surface area contributed by atoms with Crippen molar-refractivity contribution in [3.63, 3.8) is 0 Å². The molecule has 0 spiro atoms. The van der Waals surface area contributed by atoms with Crippen molar-refractivity contribution in [3.8, 4) is 0 Å². The van der Waals surface area contributed by atoms with Crippen LogP contribution in [0, 0.1) is 17.8 Å². The lowest BCUT2D eigenvalue weighted by Gasteiger charge is -2.50. The van der Waals surface area contributed by atoms with E-state index in [0.717, 1.165) is 19.4 Å². The van der Waals surface area contributed by atoms with Crippen molar-refractivity contribution in [2.75, 3.05) is 6.61 Å². The molecule has 0 bridgehead atoms. The molecule has 1 aliphatic carbocycles. The first-order valence-corrected chi connectivity index (χ1v) is 9.99. The van der Waals surface area contributed by atoms with Crippen LogP contribution in [0.15, 0.2) is 11.6 Å². The molecule has 23 heavy (non-hydrogen) atoms. The van der Waals surface area contributed by atoms with E-state index in [0.29, 0.717) is 23.9 Å². The number of ether oxygens (including phenoxy) is 2. The van der Waals surface area contributed by atoms with Gasteiger partial charge >= 0.3 is 0 Å². The normalized spacial score (nSPS) is 38.4. The van der Waals surface area contributed by atoms with Crippen LogP contribution in [-0.2, 0) is 9.47 Å². The zero-order valence-electron chi connectivity index (χ0n) is 16.1. The Morgan fingerprint density at radius 2 is 1.87 bits per heavy atom. The molecule has 0 radical (unpaired) electrons. The molecule has 1 heterocycles. The molecular weight excluding hydrogens is 284 g/mol. The smallest absolute Gasteiger partial charge is 0.172 e. The van der Waals surface area contributed by atoms with Crippen molar-refractivity contribution in [2.24, 2.45) is 17.8 Å². The summed E-state index contributed by atoms with van der Waals surface area (Å²) in [4.78, 5) is 0.